The van der Waals surface area contributed by atoms with Crippen LogP contribution in [-0.4, -0.2) is 82.8 Å². The van der Waals surface area contributed by atoms with Gasteiger partial charge in [0.25, 0.3) is 11.8 Å². The molecule has 0 saturated carbocycles. The van der Waals surface area contributed by atoms with Gasteiger partial charge >= 0.3 is 0 Å². The van der Waals surface area contributed by atoms with E-state index in [2.05, 4.69) is 15.2 Å². The Hall–Kier alpha value is -2.82. The lowest BCUT2D eigenvalue weighted by Gasteiger charge is -2.33. The van der Waals surface area contributed by atoms with Crippen molar-refractivity contribution in [2.24, 2.45) is 0 Å². The Bertz CT molecular complexity index is 1060. The van der Waals surface area contributed by atoms with Crippen molar-refractivity contribution in [2.75, 3.05) is 46.0 Å². The molecule has 5 heterocycles. The lowest BCUT2D eigenvalue weighted by atomic mass is 10.0. The number of nitrogens with zero attached hydrogens (tertiary/aromatic N) is 4. The zero-order valence-corrected chi connectivity index (χ0v) is 17.1. The number of hydrogen-bond acceptors (Lipinski definition) is 7. The number of fused-ring (bicyclic) bond motifs is 1. The molecule has 0 bridgehead atoms. The maximum Gasteiger partial charge on any atom is 0.272 e. The predicted molar refractivity (Wildman–Crippen MR) is 110 cm³/mol. The molecule has 0 spiro atoms. The number of pyridine rings is 1. The second-order valence-electron chi connectivity index (χ2n) is 7.19. The first-order valence-corrected chi connectivity index (χ1v) is 10.7. The Morgan fingerprint density at radius 2 is 1.90 bits per heavy atom. The third kappa shape index (κ3) is 3.47. The molecule has 0 radical (unpaired) electrons. The van der Waals surface area contributed by atoms with Crippen molar-refractivity contribution in [3.05, 3.63) is 46.7 Å². The zero-order valence-electron chi connectivity index (χ0n) is 16.2. The molecule has 2 fully saturated rings. The smallest absolute Gasteiger partial charge is 0.272 e. The molecule has 1 unspecified atom stereocenters. The van der Waals surface area contributed by atoms with Crippen LogP contribution in [0.1, 0.15) is 31.8 Å². The lowest BCUT2D eigenvalue weighted by molar-refractivity contribution is -0.0227. The number of ether oxygens (including phenoxy) is 2. The number of morpholine rings is 2. The van der Waals surface area contributed by atoms with E-state index < -0.39 is 6.10 Å². The van der Waals surface area contributed by atoms with E-state index in [1.807, 2.05) is 17.0 Å². The first kappa shape index (κ1) is 19.2. The van der Waals surface area contributed by atoms with E-state index >= 15 is 0 Å². The SMILES string of the molecule is O=C(c1ccn[nH]1)N1CCOC(c2c(C(=O)N3CCOCC3)sc3ncccc23)C1. The van der Waals surface area contributed by atoms with Gasteiger partial charge in [0, 0.05) is 43.0 Å². The minimum Gasteiger partial charge on any atom is -0.378 e. The monoisotopic (exact) mass is 427 g/mol. The number of H-pyrrole nitrogens is 1. The van der Waals surface area contributed by atoms with Gasteiger partial charge in [0.1, 0.15) is 21.5 Å². The van der Waals surface area contributed by atoms with Crippen LogP contribution in [0.3, 0.4) is 0 Å². The second-order valence-corrected chi connectivity index (χ2v) is 8.19. The van der Waals surface area contributed by atoms with Gasteiger partial charge in [-0.15, -0.1) is 11.3 Å². The molecule has 2 saturated heterocycles. The molecule has 3 aromatic rings. The van der Waals surface area contributed by atoms with E-state index in [1.165, 1.54) is 11.3 Å². The number of hydrogen-bond donors (Lipinski definition) is 1. The molecule has 0 aromatic carbocycles. The normalized spacial score (nSPS) is 19.9. The van der Waals surface area contributed by atoms with Gasteiger partial charge in [-0.05, 0) is 12.1 Å². The Kier molecular flexibility index (Phi) is 5.19. The summed E-state index contributed by atoms with van der Waals surface area (Å²) in [5.74, 6) is -0.156. The number of nitrogens with one attached hydrogen (secondary N) is 1. The second kappa shape index (κ2) is 8.13. The molecule has 30 heavy (non-hydrogen) atoms. The number of aromatic amines is 1. The zero-order chi connectivity index (χ0) is 20.5. The van der Waals surface area contributed by atoms with E-state index in [4.69, 9.17) is 9.47 Å². The molecule has 3 aromatic heterocycles. The number of aromatic nitrogens is 3. The van der Waals surface area contributed by atoms with Crippen LogP contribution in [0.25, 0.3) is 10.2 Å². The summed E-state index contributed by atoms with van der Waals surface area (Å²) >= 11 is 1.38. The van der Waals surface area contributed by atoms with E-state index in [0.29, 0.717) is 56.6 Å². The van der Waals surface area contributed by atoms with Gasteiger partial charge in [-0.1, -0.05) is 6.07 Å². The Labute approximate surface area is 176 Å². The standard InChI is InChI=1S/C20H21N5O4S/c26-19(14-3-5-22-23-14)25-8-11-29-15(12-25)16-13-2-1-4-21-18(13)30-17(16)20(27)24-6-9-28-10-7-24/h1-5,15H,6-12H2,(H,22,23). The fraction of sp³-hybridized carbons (Fsp3) is 0.400. The fourth-order valence-electron chi connectivity index (χ4n) is 3.89. The summed E-state index contributed by atoms with van der Waals surface area (Å²) in [6.07, 6.45) is 2.88. The van der Waals surface area contributed by atoms with Gasteiger partial charge in [0.2, 0.25) is 0 Å². The topological polar surface area (TPSA) is 101 Å². The highest BCUT2D eigenvalue weighted by Gasteiger charge is 2.34. The first-order valence-electron chi connectivity index (χ1n) is 9.87. The van der Waals surface area contributed by atoms with Gasteiger partial charge in [-0.25, -0.2) is 4.98 Å². The van der Waals surface area contributed by atoms with Gasteiger partial charge < -0.3 is 19.3 Å². The Morgan fingerprint density at radius 3 is 2.70 bits per heavy atom. The fourth-order valence-corrected chi connectivity index (χ4v) is 5.06. The van der Waals surface area contributed by atoms with Gasteiger partial charge in [-0.3, -0.25) is 14.7 Å². The Balaban J connectivity index is 1.49. The summed E-state index contributed by atoms with van der Waals surface area (Å²) in [6, 6.07) is 5.48. The van der Waals surface area contributed by atoms with Crippen LogP contribution in [0.15, 0.2) is 30.6 Å². The highest BCUT2D eigenvalue weighted by atomic mass is 32.1. The number of thiophene rings is 1. The van der Waals surface area contributed by atoms with Crippen molar-refractivity contribution < 1.29 is 19.1 Å². The molecule has 2 aliphatic heterocycles. The molecule has 2 aliphatic rings. The van der Waals surface area contributed by atoms with Crippen LogP contribution in [0.2, 0.25) is 0 Å². The molecule has 9 nitrogen and oxygen atoms in total. The minimum atomic E-state index is -0.399. The summed E-state index contributed by atoms with van der Waals surface area (Å²) in [5.41, 5.74) is 1.26. The highest BCUT2D eigenvalue weighted by molar-refractivity contribution is 7.20. The van der Waals surface area contributed by atoms with Crippen LogP contribution in [0.4, 0.5) is 0 Å². The molecule has 1 N–H and O–H groups in total. The molecule has 0 aliphatic carbocycles. The molecule has 10 heteroatoms. The van der Waals surface area contributed by atoms with Crippen molar-refractivity contribution >= 4 is 33.4 Å². The third-order valence-corrected chi connectivity index (χ3v) is 6.52. The lowest BCUT2D eigenvalue weighted by Crippen LogP contribution is -2.43. The van der Waals surface area contributed by atoms with Gasteiger partial charge in [0.15, 0.2) is 0 Å². The van der Waals surface area contributed by atoms with E-state index in [1.54, 1.807) is 23.4 Å². The van der Waals surface area contributed by atoms with Crippen molar-refractivity contribution in [2.45, 2.75) is 6.10 Å². The van der Waals surface area contributed by atoms with Gasteiger partial charge in [-0.2, -0.15) is 5.10 Å². The average Bonchev–Trinajstić information content (AvgIpc) is 3.47. The van der Waals surface area contributed by atoms with E-state index in [0.717, 1.165) is 15.8 Å². The van der Waals surface area contributed by atoms with Crippen LogP contribution >= 0.6 is 11.3 Å². The maximum absolute atomic E-state index is 13.3. The van der Waals surface area contributed by atoms with Crippen LogP contribution in [0, 0.1) is 0 Å². The molecule has 2 amide bonds. The first-order chi connectivity index (χ1) is 14.7. The summed E-state index contributed by atoms with van der Waals surface area (Å²) in [5, 5.41) is 7.49. The van der Waals surface area contributed by atoms with Gasteiger partial charge in [0.05, 0.1) is 26.4 Å². The summed E-state index contributed by atoms with van der Waals surface area (Å²) in [7, 11) is 0. The van der Waals surface area contributed by atoms with Crippen LogP contribution in [-0.2, 0) is 9.47 Å². The molecular weight excluding hydrogens is 406 g/mol. The average molecular weight is 427 g/mol. The van der Waals surface area contributed by atoms with Crippen molar-refractivity contribution in [1.29, 1.82) is 0 Å². The van der Waals surface area contributed by atoms with E-state index in [-0.39, 0.29) is 11.8 Å². The highest BCUT2D eigenvalue weighted by Crippen LogP contribution is 2.38. The molecular formula is C20H21N5O4S. The predicted octanol–water partition coefficient (Wildman–Crippen LogP) is 1.71. The largest absolute Gasteiger partial charge is 0.378 e. The number of rotatable bonds is 3. The number of carbonyl (C=O) groups is 2. The van der Waals surface area contributed by atoms with Crippen LogP contribution in [0.5, 0.6) is 0 Å². The molecule has 5 rings (SSSR count). The maximum atomic E-state index is 13.3. The Morgan fingerprint density at radius 1 is 1.07 bits per heavy atom. The van der Waals surface area contributed by atoms with E-state index in [9.17, 15) is 9.59 Å². The molecule has 156 valence electrons. The van der Waals surface area contributed by atoms with Crippen LogP contribution < -0.4 is 0 Å². The van der Waals surface area contributed by atoms with Crippen molar-refractivity contribution in [3.63, 3.8) is 0 Å². The van der Waals surface area contributed by atoms with Crippen molar-refractivity contribution in [1.82, 2.24) is 25.0 Å². The summed E-state index contributed by atoms with van der Waals surface area (Å²) in [4.78, 5) is 35.6. The third-order valence-electron chi connectivity index (χ3n) is 5.40. The minimum absolute atomic E-state index is 0.0306. The summed E-state index contributed by atoms with van der Waals surface area (Å²) < 4.78 is 11.5. The summed E-state index contributed by atoms with van der Waals surface area (Å²) in [6.45, 7) is 3.45. The number of carbonyl (C=O) groups excluding carboxylic acids is 2. The molecule has 1 atom stereocenters. The number of amides is 2. The van der Waals surface area contributed by atoms with Crippen molar-refractivity contribution in [3.8, 4) is 0 Å². The quantitative estimate of drug-likeness (QED) is 0.683.